The molecule has 0 aromatic heterocycles. The second-order valence-electron chi connectivity index (χ2n) is 5.69. The lowest BCUT2D eigenvalue weighted by Crippen LogP contribution is -2.63. The van der Waals surface area contributed by atoms with Crippen molar-refractivity contribution in [3.8, 4) is 0 Å². The van der Waals surface area contributed by atoms with E-state index < -0.39 is 0 Å². The number of ether oxygens (including phenoxy) is 2. The van der Waals surface area contributed by atoms with E-state index in [4.69, 9.17) is 9.47 Å². The molecule has 3 nitrogen and oxygen atoms in total. The van der Waals surface area contributed by atoms with Crippen LogP contribution in [-0.2, 0) is 14.3 Å². The molecule has 4 atom stereocenters. The van der Waals surface area contributed by atoms with Gasteiger partial charge < -0.3 is 9.47 Å². The SMILES string of the molecule is CC1=C[C@]23OCC[C@@H]2[C@H](c2ccccc2)[C@@H]3C(=O)O1. The summed E-state index contributed by atoms with van der Waals surface area (Å²) in [6.45, 7) is 2.57. The number of carbonyl (C=O) groups excluding carboxylic acids is 1. The van der Waals surface area contributed by atoms with Gasteiger partial charge in [-0.05, 0) is 25.0 Å². The maximum absolute atomic E-state index is 12.2. The summed E-state index contributed by atoms with van der Waals surface area (Å²) in [7, 11) is 0. The Morgan fingerprint density at radius 1 is 1.26 bits per heavy atom. The molecule has 4 rings (SSSR count). The van der Waals surface area contributed by atoms with Crippen molar-refractivity contribution < 1.29 is 14.3 Å². The third kappa shape index (κ3) is 1.34. The molecule has 1 spiro atoms. The smallest absolute Gasteiger partial charge is 0.317 e. The van der Waals surface area contributed by atoms with Gasteiger partial charge in [0, 0.05) is 18.4 Å². The third-order valence-electron chi connectivity index (χ3n) is 4.77. The van der Waals surface area contributed by atoms with E-state index in [0.29, 0.717) is 11.7 Å². The van der Waals surface area contributed by atoms with E-state index in [-0.39, 0.29) is 23.4 Å². The van der Waals surface area contributed by atoms with Crippen LogP contribution in [-0.4, -0.2) is 18.2 Å². The zero-order valence-electron chi connectivity index (χ0n) is 10.8. The van der Waals surface area contributed by atoms with Crippen molar-refractivity contribution in [1.82, 2.24) is 0 Å². The molecule has 1 aromatic rings. The van der Waals surface area contributed by atoms with Crippen LogP contribution in [0.4, 0.5) is 0 Å². The Balaban J connectivity index is 1.79. The Hall–Kier alpha value is -1.61. The summed E-state index contributed by atoms with van der Waals surface area (Å²) in [5, 5.41) is 0. The van der Waals surface area contributed by atoms with Gasteiger partial charge in [0.2, 0.25) is 0 Å². The number of cyclic esters (lactones) is 1. The Morgan fingerprint density at radius 3 is 2.84 bits per heavy atom. The molecule has 2 fully saturated rings. The number of esters is 1. The fraction of sp³-hybridized carbons (Fsp3) is 0.438. The number of rotatable bonds is 1. The third-order valence-corrected chi connectivity index (χ3v) is 4.77. The van der Waals surface area contributed by atoms with Gasteiger partial charge in [-0.2, -0.15) is 0 Å². The highest BCUT2D eigenvalue weighted by molar-refractivity contribution is 5.81. The lowest BCUT2D eigenvalue weighted by Gasteiger charge is -2.56. The lowest BCUT2D eigenvalue weighted by atomic mass is 9.51. The summed E-state index contributed by atoms with van der Waals surface area (Å²) in [5.74, 6) is 1.01. The van der Waals surface area contributed by atoms with Crippen molar-refractivity contribution in [3.05, 3.63) is 47.7 Å². The summed E-state index contributed by atoms with van der Waals surface area (Å²) in [6.07, 6.45) is 3.04. The van der Waals surface area contributed by atoms with E-state index in [1.807, 2.05) is 31.2 Å². The molecule has 0 unspecified atom stereocenters. The second-order valence-corrected chi connectivity index (χ2v) is 5.69. The Morgan fingerprint density at radius 2 is 2.05 bits per heavy atom. The summed E-state index contributed by atoms with van der Waals surface area (Å²) in [5.41, 5.74) is 0.837. The van der Waals surface area contributed by atoms with Gasteiger partial charge in [-0.15, -0.1) is 0 Å². The highest BCUT2D eigenvalue weighted by Gasteiger charge is 2.69. The minimum Gasteiger partial charge on any atom is -0.431 e. The molecule has 0 amide bonds. The van der Waals surface area contributed by atoms with Crippen LogP contribution in [0.2, 0.25) is 0 Å². The summed E-state index contributed by atoms with van der Waals surface area (Å²) >= 11 is 0. The predicted molar refractivity (Wildman–Crippen MR) is 69.3 cm³/mol. The summed E-state index contributed by atoms with van der Waals surface area (Å²) in [6, 6.07) is 10.3. The quantitative estimate of drug-likeness (QED) is 0.725. The minimum absolute atomic E-state index is 0.132. The van der Waals surface area contributed by atoms with Gasteiger partial charge in [-0.1, -0.05) is 30.3 Å². The molecule has 1 aromatic carbocycles. The van der Waals surface area contributed by atoms with Gasteiger partial charge in [0.15, 0.2) is 0 Å². The first-order valence-electron chi connectivity index (χ1n) is 6.82. The molecule has 1 saturated heterocycles. The Labute approximate surface area is 112 Å². The fourth-order valence-corrected chi connectivity index (χ4v) is 4.11. The van der Waals surface area contributed by atoms with E-state index in [1.54, 1.807) is 0 Å². The van der Waals surface area contributed by atoms with E-state index in [2.05, 4.69) is 12.1 Å². The van der Waals surface area contributed by atoms with Crippen LogP contribution in [0.1, 0.15) is 24.8 Å². The topological polar surface area (TPSA) is 35.5 Å². The monoisotopic (exact) mass is 256 g/mol. The number of hydrogen-bond acceptors (Lipinski definition) is 3. The van der Waals surface area contributed by atoms with E-state index in [1.165, 1.54) is 5.56 Å². The molecule has 98 valence electrons. The van der Waals surface area contributed by atoms with Crippen LogP contribution in [0.3, 0.4) is 0 Å². The summed E-state index contributed by atoms with van der Waals surface area (Å²) < 4.78 is 11.3. The average molecular weight is 256 g/mol. The number of hydrogen-bond donors (Lipinski definition) is 0. The standard InChI is InChI=1S/C16H16O3/c1-10-9-16-12(7-8-18-16)13(14(16)15(17)19-10)11-5-3-2-4-6-11/h2-6,9,12-14H,7-8H2,1H3/t12-,13+,14-,16+/m1/s1. The molecule has 2 heterocycles. The van der Waals surface area contributed by atoms with Crippen molar-refractivity contribution in [2.45, 2.75) is 24.9 Å². The van der Waals surface area contributed by atoms with Crippen molar-refractivity contribution in [2.24, 2.45) is 11.8 Å². The lowest BCUT2D eigenvalue weighted by molar-refractivity contribution is -0.182. The molecule has 0 N–H and O–H groups in total. The van der Waals surface area contributed by atoms with Crippen LogP contribution in [0.15, 0.2) is 42.2 Å². The van der Waals surface area contributed by atoms with Crippen molar-refractivity contribution in [3.63, 3.8) is 0 Å². The van der Waals surface area contributed by atoms with Crippen LogP contribution in [0.25, 0.3) is 0 Å². The van der Waals surface area contributed by atoms with Gasteiger partial charge in [0.1, 0.15) is 11.4 Å². The zero-order valence-corrected chi connectivity index (χ0v) is 10.8. The first-order chi connectivity index (χ1) is 9.22. The van der Waals surface area contributed by atoms with Gasteiger partial charge in [0.25, 0.3) is 0 Å². The molecular weight excluding hydrogens is 240 g/mol. The van der Waals surface area contributed by atoms with Crippen LogP contribution in [0.5, 0.6) is 0 Å². The van der Waals surface area contributed by atoms with Crippen LogP contribution < -0.4 is 0 Å². The predicted octanol–water partition coefficient (Wildman–Crippen LogP) is 2.64. The maximum Gasteiger partial charge on any atom is 0.317 e. The highest BCUT2D eigenvalue weighted by Crippen LogP contribution is 2.63. The molecule has 1 saturated carbocycles. The minimum atomic E-state index is -0.389. The van der Waals surface area contributed by atoms with Crippen molar-refractivity contribution >= 4 is 5.97 Å². The number of allylic oxidation sites excluding steroid dienone is 1. The van der Waals surface area contributed by atoms with Crippen molar-refractivity contribution in [2.75, 3.05) is 6.61 Å². The molecule has 0 bridgehead atoms. The second kappa shape index (κ2) is 3.70. The van der Waals surface area contributed by atoms with Gasteiger partial charge in [-0.25, -0.2) is 0 Å². The zero-order chi connectivity index (χ0) is 13.0. The normalized spacial score (nSPS) is 39.7. The van der Waals surface area contributed by atoms with Crippen molar-refractivity contribution in [1.29, 1.82) is 0 Å². The van der Waals surface area contributed by atoms with Crippen LogP contribution in [0, 0.1) is 11.8 Å². The van der Waals surface area contributed by atoms with Gasteiger partial charge in [0.05, 0.1) is 5.92 Å². The van der Waals surface area contributed by atoms with Gasteiger partial charge in [-0.3, -0.25) is 4.79 Å². The van der Waals surface area contributed by atoms with E-state index in [0.717, 1.165) is 13.0 Å². The van der Waals surface area contributed by atoms with E-state index in [9.17, 15) is 4.79 Å². The first kappa shape index (κ1) is 11.2. The molecule has 0 radical (unpaired) electrons. The Bertz CT molecular complexity index is 563. The van der Waals surface area contributed by atoms with E-state index >= 15 is 0 Å². The van der Waals surface area contributed by atoms with Crippen LogP contribution >= 0.6 is 0 Å². The molecular formula is C16H16O3. The molecule has 3 heteroatoms. The first-order valence-corrected chi connectivity index (χ1v) is 6.82. The number of carbonyl (C=O) groups is 1. The van der Waals surface area contributed by atoms with Gasteiger partial charge >= 0.3 is 5.97 Å². The molecule has 3 aliphatic rings. The molecule has 1 aliphatic carbocycles. The summed E-state index contributed by atoms with van der Waals surface area (Å²) in [4.78, 5) is 12.2. The average Bonchev–Trinajstić information content (AvgIpc) is 2.69. The Kier molecular flexibility index (Phi) is 2.19. The number of benzene rings is 1. The molecule has 2 aliphatic heterocycles. The largest absolute Gasteiger partial charge is 0.431 e. The highest BCUT2D eigenvalue weighted by atomic mass is 16.6. The fourth-order valence-electron chi connectivity index (χ4n) is 4.11. The maximum atomic E-state index is 12.2. The molecule has 19 heavy (non-hydrogen) atoms.